The molecule has 2 saturated heterocycles. The highest BCUT2D eigenvalue weighted by Crippen LogP contribution is 2.42. The highest BCUT2D eigenvalue weighted by Gasteiger charge is 2.46. The van der Waals surface area contributed by atoms with Crippen molar-refractivity contribution in [2.75, 3.05) is 19.8 Å². The Morgan fingerprint density at radius 1 is 0.672 bits per heavy atom. The maximum atomic E-state index is 12.4. The summed E-state index contributed by atoms with van der Waals surface area (Å²) in [6, 6.07) is 20.9. The number of ether oxygens (including phenoxy) is 4. The van der Waals surface area contributed by atoms with Crippen LogP contribution in [0.15, 0.2) is 60.7 Å². The van der Waals surface area contributed by atoms with Gasteiger partial charge in [0.2, 0.25) is 0 Å². The first-order chi connectivity index (χ1) is 28.4. The summed E-state index contributed by atoms with van der Waals surface area (Å²) in [7, 11) is -2.01. The van der Waals surface area contributed by atoms with Gasteiger partial charge in [0.1, 0.15) is 13.2 Å². The number of hydrogen-bond donors (Lipinski definition) is 2. The Morgan fingerprint density at radius 2 is 1.07 bits per heavy atom. The Morgan fingerprint density at radius 3 is 1.41 bits per heavy atom. The number of esters is 2. The summed E-state index contributed by atoms with van der Waals surface area (Å²) in [5.74, 6) is 0.783. The Bertz CT molecular complexity index is 1580. The van der Waals surface area contributed by atoms with E-state index in [0.29, 0.717) is 31.3 Å². The molecule has 2 fully saturated rings. The minimum atomic E-state index is -2.01. The van der Waals surface area contributed by atoms with E-state index in [4.69, 9.17) is 23.4 Å². The van der Waals surface area contributed by atoms with E-state index in [0.717, 1.165) is 32.1 Å². The summed E-state index contributed by atoms with van der Waals surface area (Å²) in [4.78, 5) is 24.6. The lowest BCUT2D eigenvalue weighted by molar-refractivity contribution is -0.158. The van der Waals surface area contributed by atoms with Gasteiger partial charge in [-0.15, -0.1) is 0 Å². The van der Waals surface area contributed by atoms with Crippen LogP contribution >= 0.6 is 0 Å². The van der Waals surface area contributed by atoms with Gasteiger partial charge < -0.3 is 33.6 Å². The lowest BCUT2D eigenvalue weighted by Crippen LogP contribution is -2.46. The Hall–Kier alpha value is -2.60. The van der Waals surface area contributed by atoms with Gasteiger partial charge in [-0.05, 0) is 133 Å². The molecule has 2 N–H and O–H groups in total. The molecule has 0 radical (unpaired) electrons. The molecule has 2 heterocycles. The normalized spacial score (nSPS) is 25.6. The summed E-state index contributed by atoms with van der Waals surface area (Å²) in [6.45, 7) is 29.2. The predicted octanol–water partition coefficient (Wildman–Crippen LogP) is 10.4. The van der Waals surface area contributed by atoms with Crippen molar-refractivity contribution in [1.29, 1.82) is 0 Å². The van der Waals surface area contributed by atoms with Gasteiger partial charge in [-0.2, -0.15) is 0 Å². The second-order valence-electron chi connectivity index (χ2n) is 21.4. The molecule has 0 bridgehead atoms. The summed E-state index contributed by atoms with van der Waals surface area (Å²) in [5, 5.41) is 20.3. The first kappa shape index (κ1) is 52.7. The molecule has 61 heavy (non-hydrogen) atoms. The Balaban J connectivity index is 0.000000334. The quantitative estimate of drug-likeness (QED) is 0.111. The van der Waals surface area contributed by atoms with Crippen LogP contribution in [0.1, 0.15) is 126 Å². The second-order valence-corrected chi connectivity index (χ2v) is 26.2. The summed E-state index contributed by atoms with van der Waals surface area (Å²) < 4.78 is 30.6. The molecule has 6 unspecified atom stereocenters. The summed E-state index contributed by atoms with van der Waals surface area (Å²) in [6.07, 6.45) is 5.03. The summed E-state index contributed by atoms with van der Waals surface area (Å²) >= 11 is 0. The second kappa shape index (κ2) is 23.4. The average molecular weight is 869 g/mol. The van der Waals surface area contributed by atoms with Gasteiger partial charge in [-0.25, -0.2) is 0 Å². The highest BCUT2D eigenvalue weighted by molar-refractivity contribution is 6.74. The van der Waals surface area contributed by atoms with Crippen LogP contribution in [0.4, 0.5) is 0 Å². The van der Waals surface area contributed by atoms with Crippen molar-refractivity contribution in [3.63, 3.8) is 0 Å². The van der Waals surface area contributed by atoms with Crippen LogP contribution in [0.25, 0.3) is 0 Å². The molecule has 2 aromatic carbocycles. The van der Waals surface area contributed by atoms with Crippen LogP contribution < -0.4 is 0 Å². The zero-order valence-corrected chi connectivity index (χ0v) is 41.4. The molecule has 2 aliphatic rings. The van der Waals surface area contributed by atoms with Gasteiger partial charge in [0.15, 0.2) is 8.32 Å². The van der Waals surface area contributed by atoms with Crippen LogP contribution in [0.2, 0.25) is 18.1 Å². The zero-order chi connectivity index (χ0) is 45.8. The van der Waals surface area contributed by atoms with Gasteiger partial charge in [-0.1, -0.05) is 102 Å². The Kier molecular flexibility index (Phi) is 20.2. The molecule has 2 aromatic rings. The number of benzene rings is 2. The molecule has 9 nitrogen and oxygen atoms in total. The number of carbonyl (C=O) groups is 2. The maximum Gasteiger partial charge on any atom is 0.311 e. The van der Waals surface area contributed by atoms with Crippen LogP contribution in [0.3, 0.4) is 0 Å². The van der Waals surface area contributed by atoms with Crippen molar-refractivity contribution in [3.8, 4) is 0 Å². The van der Waals surface area contributed by atoms with Gasteiger partial charge >= 0.3 is 11.9 Å². The lowest BCUT2D eigenvalue weighted by Gasteiger charge is -2.39. The molecule has 10 atom stereocenters. The minimum absolute atomic E-state index is 0.0130. The van der Waals surface area contributed by atoms with E-state index in [1.54, 1.807) is 0 Å². The fourth-order valence-electron chi connectivity index (χ4n) is 8.04. The third-order valence-corrected chi connectivity index (χ3v) is 17.9. The van der Waals surface area contributed by atoms with Crippen molar-refractivity contribution in [2.24, 2.45) is 34.5 Å². The number of aliphatic hydroxyl groups is 2. The first-order valence-electron chi connectivity index (χ1n) is 23.1. The van der Waals surface area contributed by atoms with Crippen molar-refractivity contribution >= 4 is 20.3 Å². The van der Waals surface area contributed by atoms with E-state index >= 15 is 0 Å². The fourth-order valence-corrected chi connectivity index (χ4v) is 9.40. The van der Waals surface area contributed by atoms with E-state index in [1.807, 2.05) is 60.6 Å². The third-order valence-electron chi connectivity index (χ3n) is 13.3. The SMILES string of the molecule is CCC(O)CC1O[C@@H](COC(=O)C(C)(C)C)C(CCc2ccccc2)[C@H]1C.C[C@H]1C(CC(CO)O[Si](C)(C)C(C)(C)C)O[C@@H](COC(=O)C(C)(C)C)C1CCc1ccccc1. The smallest absolute Gasteiger partial charge is 0.311 e. The zero-order valence-electron chi connectivity index (χ0n) is 40.4. The predicted molar refractivity (Wildman–Crippen MR) is 248 cm³/mol. The number of aliphatic hydroxyl groups excluding tert-OH is 2. The van der Waals surface area contributed by atoms with Crippen LogP contribution in [0, 0.1) is 34.5 Å². The van der Waals surface area contributed by atoms with Crippen molar-refractivity contribution < 1.29 is 43.2 Å². The van der Waals surface area contributed by atoms with E-state index in [-0.39, 0.29) is 78.7 Å². The molecule has 346 valence electrons. The topological polar surface area (TPSA) is 121 Å². The lowest BCUT2D eigenvalue weighted by atomic mass is 9.83. The van der Waals surface area contributed by atoms with E-state index < -0.39 is 19.1 Å². The third kappa shape index (κ3) is 16.5. The Labute approximate surface area is 371 Å². The van der Waals surface area contributed by atoms with Crippen LogP contribution in [0.5, 0.6) is 0 Å². The molecule has 0 aliphatic carbocycles. The van der Waals surface area contributed by atoms with Crippen molar-refractivity contribution in [1.82, 2.24) is 0 Å². The van der Waals surface area contributed by atoms with Gasteiger partial charge in [0.05, 0.1) is 54.1 Å². The molecule has 2 aliphatic heterocycles. The molecule has 0 saturated carbocycles. The molecular formula is C51H84O9Si. The first-order valence-corrected chi connectivity index (χ1v) is 26.0. The molecule has 10 heteroatoms. The molecule has 4 rings (SSSR count). The highest BCUT2D eigenvalue weighted by atomic mass is 28.4. The van der Waals surface area contributed by atoms with Gasteiger partial charge in [0, 0.05) is 6.42 Å². The molecule has 0 amide bonds. The molecule has 0 aromatic heterocycles. The van der Waals surface area contributed by atoms with Gasteiger partial charge in [-0.3, -0.25) is 9.59 Å². The van der Waals surface area contributed by atoms with E-state index in [2.05, 4.69) is 96.2 Å². The number of rotatable bonds is 18. The van der Waals surface area contributed by atoms with Gasteiger partial charge in [0.25, 0.3) is 0 Å². The van der Waals surface area contributed by atoms with Crippen molar-refractivity contribution in [2.45, 2.75) is 183 Å². The number of carbonyl (C=O) groups excluding carboxylic acids is 2. The van der Waals surface area contributed by atoms with Crippen LogP contribution in [-0.4, -0.2) is 86.9 Å². The summed E-state index contributed by atoms with van der Waals surface area (Å²) in [5.41, 5.74) is 1.56. The fraction of sp³-hybridized carbons (Fsp3) is 0.725. The minimum Gasteiger partial charge on any atom is -0.463 e. The monoisotopic (exact) mass is 869 g/mol. The average Bonchev–Trinajstić information content (AvgIpc) is 3.65. The molecule has 0 spiro atoms. The number of aryl methyl sites for hydroxylation is 2. The van der Waals surface area contributed by atoms with Crippen LogP contribution in [-0.2, 0) is 45.8 Å². The standard InChI is InChI=1S/C28H48O5Si.C23H36O4/c1-20-23(16-15-21-13-11-10-12-14-21)25(19-31-26(30)27(2,3)4)32-24(20)17-22(18-29)33-34(8,9)28(5,6)7;1-6-18(24)14-20-16(2)19(13-12-17-10-8-7-9-11-17)21(27-20)15-26-22(25)23(3,4)5/h10-14,20,22-25,29H,15-19H2,1-9H3;7-11,16,18-21,24H,6,12-15H2,1-5H3/t20-,22?,23?,24?,25+;16-,18?,19?,20?,21+/m11/s1. The largest absolute Gasteiger partial charge is 0.463 e. The number of hydrogen-bond acceptors (Lipinski definition) is 9. The van der Waals surface area contributed by atoms with Crippen molar-refractivity contribution in [3.05, 3.63) is 71.8 Å². The maximum absolute atomic E-state index is 12.4. The van der Waals surface area contributed by atoms with E-state index in [9.17, 15) is 19.8 Å². The van der Waals surface area contributed by atoms with E-state index in [1.165, 1.54) is 11.1 Å². The molecular weight excluding hydrogens is 785 g/mol.